The molecule has 5 rings (SSSR count). The summed E-state index contributed by atoms with van der Waals surface area (Å²) in [7, 11) is 0. The first-order chi connectivity index (χ1) is 12.0. The average molecular weight is 330 g/mol. The van der Waals surface area contributed by atoms with E-state index in [1.807, 2.05) is 0 Å². The molecule has 0 saturated heterocycles. The minimum Gasteiger partial charge on any atom is -0.294 e. The summed E-state index contributed by atoms with van der Waals surface area (Å²) in [5.41, 5.74) is 0.342. The van der Waals surface area contributed by atoms with Crippen LogP contribution in [0.1, 0.15) is 48.4 Å². The Morgan fingerprint density at radius 1 is 0.640 bits per heavy atom. The van der Waals surface area contributed by atoms with E-state index in [0.29, 0.717) is 22.3 Å². The Balaban J connectivity index is 1.74. The minimum atomic E-state index is -1.13. The number of carbonyl (C=O) groups is 4. The van der Waals surface area contributed by atoms with Crippen molar-refractivity contribution in [2.24, 2.45) is 23.2 Å². The first kappa shape index (κ1) is 14.5. The molecule has 0 N–H and O–H groups in total. The zero-order chi connectivity index (χ0) is 17.5. The second-order valence-electron chi connectivity index (χ2n) is 7.28. The van der Waals surface area contributed by atoms with Crippen LogP contribution in [-0.4, -0.2) is 23.1 Å². The third kappa shape index (κ3) is 1.44. The van der Waals surface area contributed by atoms with E-state index in [1.165, 1.54) is 0 Å². The van der Waals surface area contributed by atoms with Crippen molar-refractivity contribution in [3.05, 3.63) is 70.8 Å². The van der Waals surface area contributed by atoms with E-state index in [4.69, 9.17) is 0 Å². The summed E-state index contributed by atoms with van der Waals surface area (Å²) in [5.74, 6) is -3.00. The van der Waals surface area contributed by atoms with Gasteiger partial charge in [-0.05, 0) is 0 Å². The predicted molar refractivity (Wildman–Crippen MR) is 88.8 cm³/mol. The van der Waals surface area contributed by atoms with E-state index in [9.17, 15) is 19.2 Å². The van der Waals surface area contributed by atoms with Crippen molar-refractivity contribution in [2.45, 2.75) is 6.92 Å². The van der Waals surface area contributed by atoms with Gasteiger partial charge in [-0.3, -0.25) is 19.2 Å². The van der Waals surface area contributed by atoms with Gasteiger partial charge in [0.05, 0.1) is 5.41 Å². The van der Waals surface area contributed by atoms with Gasteiger partial charge in [0.2, 0.25) is 0 Å². The zero-order valence-corrected chi connectivity index (χ0v) is 13.5. The molecular weight excluding hydrogens is 316 g/mol. The summed E-state index contributed by atoms with van der Waals surface area (Å²) in [6.07, 6.45) is 0. The summed E-state index contributed by atoms with van der Waals surface area (Å²) in [5, 5.41) is 0. The average Bonchev–Trinajstić information content (AvgIpc) is 2.63. The number of ketones is 4. The summed E-state index contributed by atoms with van der Waals surface area (Å²) in [6, 6.07) is 13.4. The standard InChI is InChI=1S/C21H14O4/c1-21-15-14(17(22)10-6-2-3-7-11(10)18(15)23)16(21)19(24)12-8-4-5-9-13(12)20(21)25/h2-9,14-16H,1H3. The molecule has 3 aliphatic carbocycles. The Morgan fingerprint density at radius 2 is 1.04 bits per heavy atom. The molecule has 122 valence electrons. The van der Waals surface area contributed by atoms with Crippen LogP contribution in [0.5, 0.6) is 0 Å². The third-order valence-corrected chi connectivity index (χ3v) is 6.26. The SMILES string of the molecule is CC12C(=O)c3ccccc3C(=O)C1C1C(=O)c3ccccc3C(=O)C12. The lowest BCUT2D eigenvalue weighted by molar-refractivity contribution is -0.0408. The van der Waals surface area contributed by atoms with Crippen molar-refractivity contribution in [2.75, 3.05) is 0 Å². The first-order valence-corrected chi connectivity index (χ1v) is 8.33. The van der Waals surface area contributed by atoms with E-state index >= 15 is 0 Å². The minimum absolute atomic E-state index is 0.191. The first-order valence-electron chi connectivity index (χ1n) is 8.33. The fourth-order valence-corrected chi connectivity index (χ4v) is 5.08. The Bertz CT molecular complexity index is 1000. The molecule has 4 unspecified atom stereocenters. The maximum absolute atomic E-state index is 13.1. The van der Waals surface area contributed by atoms with E-state index in [2.05, 4.69) is 0 Å². The summed E-state index contributed by atoms with van der Waals surface area (Å²) in [4.78, 5) is 52.2. The molecule has 0 aromatic heterocycles. The molecule has 0 spiro atoms. The van der Waals surface area contributed by atoms with Gasteiger partial charge < -0.3 is 0 Å². The van der Waals surface area contributed by atoms with Crippen LogP contribution in [0, 0.1) is 23.2 Å². The maximum atomic E-state index is 13.1. The quantitative estimate of drug-likeness (QED) is 0.744. The molecule has 2 aromatic carbocycles. The van der Waals surface area contributed by atoms with Crippen molar-refractivity contribution in [3.63, 3.8) is 0 Å². The van der Waals surface area contributed by atoms with E-state index in [-0.39, 0.29) is 23.1 Å². The van der Waals surface area contributed by atoms with Crippen molar-refractivity contribution in [1.29, 1.82) is 0 Å². The lowest BCUT2D eigenvalue weighted by Crippen LogP contribution is -2.70. The van der Waals surface area contributed by atoms with Gasteiger partial charge in [-0.25, -0.2) is 0 Å². The topological polar surface area (TPSA) is 68.3 Å². The molecule has 0 heterocycles. The smallest absolute Gasteiger partial charge is 0.170 e. The molecular formula is C21H14O4. The van der Waals surface area contributed by atoms with Gasteiger partial charge in [-0.15, -0.1) is 0 Å². The van der Waals surface area contributed by atoms with Gasteiger partial charge in [0.1, 0.15) is 0 Å². The van der Waals surface area contributed by atoms with Crippen LogP contribution in [0.4, 0.5) is 0 Å². The van der Waals surface area contributed by atoms with Gasteiger partial charge in [-0.1, -0.05) is 55.5 Å². The summed E-state index contributed by atoms with van der Waals surface area (Å²) in [6.45, 7) is 1.67. The highest BCUT2D eigenvalue weighted by Crippen LogP contribution is 2.64. The fourth-order valence-electron chi connectivity index (χ4n) is 5.08. The van der Waals surface area contributed by atoms with Crippen LogP contribution >= 0.6 is 0 Å². The van der Waals surface area contributed by atoms with Gasteiger partial charge >= 0.3 is 0 Å². The fraction of sp³-hybridized carbons (Fsp3) is 0.238. The van der Waals surface area contributed by atoms with E-state index in [0.717, 1.165) is 0 Å². The van der Waals surface area contributed by atoms with Gasteiger partial charge in [0, 0.05) is 40.0 Å². The Labute approximate surface area is 143 Å². The molecule has 4 heteroatoms. The van der Waals surface area contributed by atoms with Crippen LogP contribution in [0.25, 0.3) is 0 Å². The summed E-state index contributed by atoms with van der Waals surface area (Å²) < 4.78 is 0. The van der Waals surface area contributed by atoms with Crippen LogP contribution in [0.15, 0.2) is 48.5 Å². The van der Waals surface area contributed by atoms with Crippen molar-refractivity contribution in [3.8, 4) is 0 Å². The molecule has 0 aliphatic heterocycles. The Morgan fingerprint density at radius 3 is 1.56 bits per heavy atom. The number of hydrogen-bond donors (Lipinski definition) is 0. The molecule has 2 aromatic rings. The highest BCUT2D eigenvalue weighted by Gasteiger charge is 2.73. The predicted octanol–water partition coefficient (Wildman–Crippen LogP) is 3.01. The molecule has 1 saturated carbocycles. The molecule has 3 aliphatic rings. The molecule has 1 fully saturated rings. The van der Waals surface area contributed by atoms with E-state index < -0.39 is 23.2 Å². The van der Waals surface area contributed by atoms with Gasteiger partial charge in [0.15, 0.2) is 23.1 Å². The Hall–Kier alpha value is -2.88. The van der Waals surface area contributed by atoms with Gasteiger partial charge in [0.25, 0.3) is 0 Å². The number of benzene rings is 2. The molecule has 4 nitrogen and oxygen atoms in total. The van der Waals surface area contributed by atoms with Crippen molar-refractivity contribution >= 4 is 23.1 Å². The van der Waals surface area contributed by atoms with Crippen LogP contribution < -0.4 is 0 Å². The largest absolute Gasteiger partial charge is 0.294 e. The second kappa shape index (κ2) is 4.39. The van der Waals surface area contributed by atoms with Crippen LogP contribution in [0.2, 0.25) is 0 Å². The Kier molecular flexibility index (Phi) is 2.54. The third-order valence-electron chi connectivity index (χ3n) is 6.26. The normalized spacial score (nSPS) is 32.3. The lowest BCUT2D eigenvalue weighted by Gasteiger charge is -2.59. The number of fused-ring (bicyclic) bond motifs is 6. The number of hydrogen-bond acceptors (Lipinski definition) is 4. The number of carbonyl (C=O) groups excluding carboxylic acids is 4. The highest BCUT2D eigenvalue weighted by atomic mass is 16.2. The lowest BCUT2D eigenvalue weighted by atomic mass is 9.38. The number of rotatable bonds is 0. The van der Waals surface area contributed by atoms with Crippen molar-refractivity contribution < 1.29 is 19.2 Å². The molecule has 0 radical (unpaired) electrons. The van der Waals surface area contributed by atoms with Gasteiger partial charge in [-0.2, -0.15) is 0 Å². The molecule has 0 bridgehead atoms. The molecule has 4 atom stereocenters. The summed E-state index contributed by atoms with van der Waals surface area (Å²) >= 11 is 0. The second-order valence-corrected chi connectivity index (χ2v) is 7.28. The number of Topliss-reactive ketones (excluding diaryl/α,β-unsaturated/α-hetero) is 4. The molecule has 0 amide bonds. The highest BCUT2D eigenvalue weighted by molar-refractivity contribution is 6.27. The zero-order valence-electron chi connectivity index (χ0n) is 13.5. The monoisotopic (exact) mass is 330 g/mol. The molecule has 25 heavy (non-hydrogen) atoms. The maximum Gasteiger partial charge on any atom is 0.170 e. The van der Waals surface area contributed by atoms with E-state index in [1.54, 1.807) is 55.5 Å². The van der Waals surface area contributed by atoms with Crippen LogP contribution in [-0.2, 0) is 0 Å². The van der Waals surface area contributed by atoms with Crippen LogP contribution in [0.3, 0.4) is 0 Å². The van der Waals surface area contributed by atoms with Crippen molar-refractivity contribution in [1.82, 2.24) is 0 Å².